The number of nitrogens with zero attached hydrogens (tertiary/aromatic N) is 3. The third-order valence-electron chi connectivity index (χ3n) is 2.79. The summed E-state index contributed by atoms with van der Waals surface area (Å²) < 4.78 is 12.4. The summed E-state index contributed by atoms with van der Waals surface area (Å²) in [4.78, 5) is 11.7. The van der Waals surface area contributed by atoms with Gasteiger partial charge in [0, 0.05) is 0 Å². The van der Waals surface area contributed by atoms with Crippen LogP contribution in [-0.2, 0) is 0 Å². The first-order chi connectivity index (χ1) is 11.2. The zero-order chi connectivity index (χ0) is 16.7. The van der Waals surface area contributed by atoms with Crippen LogP contribution >= 0.6 is 12.2 Å². The van der Waals surface area contributed by atoms with Crippen molar-refractivity contribution in [3.63, 3.8) is 0 Å². The zero-order valence-corrected chi connectivity index (χ0v) is 13.8. The van der Waals surface area contributed by atoms with Crippen molar-refractivity contribution in [1.82, 2.24) is 14.9 Å². The molecule has 122 valence electrons. The maximum absolute atomic E-state index is 11.7. The summed E-state index contributed by atoms with van der Waals surface area (Å²) in [7, 11) is 0. The third kappa shape index (κ3) is 4.49. The van der Waals surface area contributed by atoms with Crippen LogP contribution in [0.25, 0.3) is 0 Å². The third-order valence-corrected chi connectivity index (χ3v) is 3.05. The largest absolute Gasteiger partial charge is 0.490 e. The lowest BCUT2D eigenvalue weighted by Gasteiger charge is -2.11. The van der Waals surface area contributed by atoms with E-state index in [4.69, 9.17) is 21.7 Å². The van der Waals surface area contributed by atoms with E-state index in [9.17, 15) is 4.79 Å². The zero-order valence-electron chi connectivity index (χ0n) is 13.0. The van der Waals surface area contributed by atoms with Crippen molar-refractivity contribution in [2.75, 3.05) is 13.2 Å². The van der Waals surface area contributed by atoms with Gasteiger partial charge < -0.3 is 9.47 Å². The summed E-state index contributed by atoms with van der Waals surface area (Å²) in [5.74, 6) is 1.32. The van der Waals surface area contributed by atoms with Gasteiger partial charge in [0.05, 0.1) is 19.4 Å². The molecule has 0 aliphatic heterocycles. The van der Waals surface area contributed by atoms with E-state index in [1.54, 1.807) is 6.07 Å². The maximum atomic E-state index is 11.7. The molecule has 0 spiro atoms. The molecule has 0 amide bonds. The highest BCUT2D eigenvalue weighted by molar-refractivity contribution is 7.71. The van der Waals surface area contributed by atoms with Crippen molar-refractivity contribution < 1.29 is 9.47 Å². The molecule has 1 aromatic heterocycles. The second-order valence-corrected chi connectivity index (χ2v) is 4.94. The van der Waals surface area contributed by atoms with Crippen LogP contribution in [0.3, 0.4) is 0 Å². The average molecular weight is 334 g/mol. The molecular formula is C15H18N4O3S. The summed E-state index contributed by atoms with van der Waals surface area (Å²) in [6, 6.07) is 5.45. The van der Waals surface area contributed by atoms with Crippen LogP contribution in [0.15, 0.2) is 34.3 Å². The summed E-state index contributed by atoms with van der Waals surface area (Å²) in [5.41, 5.74) is 0.355. The molecule has 8 heteroatoms. The van der Waals surface area contributed by atoms with E-state index < -0.39 is 5.56 Å². The molecule has 0 unspecified atom stereocenters. The lowest BCUT2D eigenvalue weighted by atomic mass is 10.2. The number of hydrogen-bond donors (Lipinski definition) is 1. The topological polar surface area (TPSA) is 81.5 Å². The van der Waals surface area contributed by atoms with Crippen molar-refractivity contribution in [3.8, 4) is 11.5 Å². The van der Waals surface area contributed by atoms with Crippen molar-refractivity contribution in [2.45, 2.75) is 20.3 Å². The first-order valence-electron chi connectivity index (χ1n) is 7.26. The molecule has 0 bridgehead atoms. The van der Waals surface area contributed by atoms with Gasteiger partial charge in [0.25, 0.3) is 5.56 Å². The Bertz CT molecular complexity index is 770. The fraction of sp³-hybridized carbons (Fsp3) is 0.333. The Morgan fingerprint density at radius 3 is 2.87 bits per heavy atom. The van der Waals surface area contributed by atoms with Gasteiger partial charge in [0.2, 0.25) is 4.77 Å². The van der Waals surface area contributed by atoms with Crippen LogP contribution in [0.5, 0.6) is 11.5 Å². The van der Waals surface area contributed by atoms with Crippen LogP contribution in [-0.4, -0.2) is 34.3 Å². The Kier molecular flexibility index (Phi) is 6.04. The number of nitrogens with one attached hydrogen (secondary N) is 1. The number of benzene rings is 1. The summed E-state index contributed by atoms with van der Waals surface area (Å²) in [6.45, 7) is 5.09. The normalized spacial score (nSPS) is 10.9. The Balaban J connectivity index is 2.29. The predicted molar refractivity (Wildman–Crippen MR) is 90.1 cm³/mol. The monoisotopic (exact) mass is 334 g/mol. The second kappa shape index (κ2) is 8.23. The molecule has 1 aromatic carbocycles. The molecule has 0 saturated carbocycles. The molecule has 0 radical (unpaired) electrons. The van der Waals surface area contributed by atoms with Crippen LogP contribution in [0, 0.1) is 4.77 Å². The number of H-pyrrole nitrogens is 1. The molecule has 0 fully saturated rings. The van der Waals surface area contributed by atoms with Gasteiger partial charge in [0.15, 0.2) is 11.5 Å². The highest BCUT2D eigenvalue weighted by Crippen LogP contribution is 2.28. The fourth-order valence-electron chi connectivity index (χ4n) is 1.78. The average Bonchev–Trinajstić information content (AvgIpc) is 2.54. The Labute approximate surface area is 138 Å². The standard InChI is InChI=1S/C15H18N4O3S/c1-3-7-22-12-6-5-11(8-13(12)21-4-2)9-17-19-14(20)10-16-18-15(19)23/h5-6,8-10H,3-4,7H2,1-2H3,(H,18,23)/b17-9+. The molecule has 2 aromatic rings. The molecular weight excluding hydrogens is 316 g/mol. The van der Waals surface area contributed by atoms with Gasteiger partial charge >= 0.3 is 0 Å². The number of aromatic amines is 1. The van der Waals surface area contributed by atoms with Crippen molar-refractivity contribution >= 4 is 18.4 Å². The van der Waals surface area contributed by atoms with E-state index in [0.29, 0.717) is 24.7 Å². The van der Waals surface area contributed by atoms with Gasteiger partial charge in [-0.3, -0.25) is 9.89 Å². The number of aromatic nitrogens is 3. The first-order valence-corrected chi connectivity index (χ1v) is 7.67. The van der Waals surface area contributed by atoms with E-state index in [1.165, 1.54) is 6.21 Å². The highest BCUT2D eigenvalue weighted by atomic mass is 32.1. The molecule has 1 N–H and O–H groups in total. The van der Waals surface area contributed by atoms with E-state index in [-0.39, 0.29) is 4.77 Å². The van der Waals surface area contributed by atoms with Crippen LogP contribution in [0.2, 0.25) is 0 Å². The Morgan fingerprint density at radius 2 is 2.17 bits per heavy atom. The highest BCUT2D eigenvalue weighted by Gasteiger charge is 2.05. The minimum absolute atomic E-state index is 0.127. The molecule has 0 atom stereocenters. The molecule has 0 aliphatic carbocycles. The van der Waals surface area contributed by atoms with E-state index in [0.717, 1.165) is 22.9 Å². The van der Waals surface area contributed by atoms with Gasteiger partial charge in [-0.15, -0.1) is 0 Å². The van der Waals surface area contributed by atoms with Crippen LogP contribution < -0.4 is 15.0 Å². The molecule has 2 rings (SSSR count). The first kappa shape index (κ1) is 16.9. The summed E-state index contributed by atoms with van der Waals surface area (Å²) in [5, 5.41) is 10.2. The van der Waals surface area contributed by atoms with Gasteiger partial charge in [-0.2, -0.15) is 14.9 Å². The van der Waals surface area contributed by atoms with E-state index in [1.807, 2.05) is 26.0 Å². The Hall–Kier alpha value is -2.48. The molecule has 7 nitrogen and oxygen atoms in total. The summed E-state index contributed by atoms with van der Waals surface area (Å²) >= 11 is 4.98. The fourth-order valence-corrected chi connectivity index (χ4v) is 1.97. The van der Waals surface area contributed by atoms with Crippen molar-refractivity contribution in [1.29, 1.82) is 0 Å². The van der Waals surface area contributed by atoms with Crippen molar-refractivity contribution in [3.05, 3.63) is 45.1 Å². The summed E-state index contributed by atoms with van der Waals surface area (Å²) in [6.07, 6.45) is 3.55. The van der Waals surface area contributed by atoms with E-state index >= 15 is 0 Å². The van der Waals surface area contributed by atoms with Gasteiger partial charge in [-0.25, -0.2) is 0 Å². The van der Waals surface area contributed by atoms with Crippen LogP contribution in [0.4, 0.5) is 0 Å². The Morgan fingerprint density at radius 1 is 1.35 bits per heavy atom. The molecule has 0 aliphatic rings. The quantitative estimate of drug-likeness (QED) is 0.621. The molecule has 23 heavy (non-hydrogen) atoms. The smallest absolute Gasteiger partial charge is 0.293 e. The number of ether oxygens (including phenoxy) is 2. The van der Waals surface area contributed by atoms with Gasteiger partial charge in [0.1, 0.15) is 6.20 Å². The second-order valence-electron chi connectivity index (χ2n) is 4.56. The van der Waals surface area contributed by atoms with Crippen molar-refractivity contribution in [2.24, 2.45) is 5.10 Å². The number of hydrogen-bond acceptors (Lipinski definition) is 6. The minimum atomic E-state index is -0.405. The lowest BCUT2D eigenvalue weighted by Crippen LogP contribution is -2.18. The molecule has 0 saturated heterocycles. The van der Waals surface area contributed by atoms with Gasteiger partial charge in [-0.1, -0.05) is 6.92 Å². The maximum Gasteiger partial charge on any atom is 0.293 e. The number of rotatable bonds is 7. The minimum Gasteiger partial charge on any atom is -0.490 e. The van der Waals surface area contributed by atoms with E-state index in [2.05, 4.69) is 15.3 Å². The lowest BCUT2D eigenvalue weighted by molar-refractivity contribution is 0.277. The van der Waals surface area contributed by atoms with Gasteiger partial charge in [-0.05, 0) is 49.3 Å². The predicted octanol–water partition coefficient (Wildman–Crippen LogP) is 2.37. The molecule has 1 heterocycles. The van der Waals surface area contributed by atoms with Crippen LogP contribution in [0.1, 0.15) is 25.8 Å². The SMILES string of the molecule is CCCOc1ccc(/C=N/n2c(=O)cn[nH]c2=S)cc1OCC.